The number of likely N-dealkylation sites (N-methyl/N-ethyl adjacent to an activating group) is 1. The second-order valence-corrected chi connectivity index (χ2v) is 4.16. The van der Waals surface area contributed by atoms with Crippen molar-refractivity contribution >= 4 is 0 Å². The van der Waals surface area contributed by atoms with Crippen LogP contribution >= 0.6 is 0 Å². The third-order valence-corrected chi connectivity index (χ3v) is 1.99. The van der Waals surface area contributed by atoms with Gasteiger partial charge in [0, 0.05) is 13.0 Å². The Labute approximate surface area is 90.1 Å². The second kappa shape index (κ2) is 5.82. The van der Waals surface area contributed by atoms with Crippen LogP contribution in [0.2, 0.25) is 0 Å². The van der Waals surface area contributed by atoms with Crippen molar-refractivity contribution in [2.75, 3.05) is 20.2 Å². The SMILES string of the molecule is CC(C)Cc1noc(CN(C)CCO)n1. The topological polar surface area (TPSA) is 62.4 Å². The van der Waals surface area contributed by atoms with E-state index in [1.54, 1.807) is 0 Å². The molecule has 0 aliphatic carbocycles. The number of hydrogen-bond acceptors (Lipinski definition) is 5. The van der Waals surface area contributed by atoms with Gasteiger partial charge in [0.25, 0.3) is 0 Å². The Morgan fingerprint density at radius 2 is 2.20 bits per heavy atom. The minimum Gasteiger partial charge on any atom is -0.395 e. The first-order chi connectivity index (χ1) is 7.11. The van der Waals surface area contributed by atoms with Crippen molar-refractivity contribution in [1.29, 1.82) is 0 Å². The Kier molecular flexibility index (Phi) is 4.71. The van der Waals surface area contributed by atoms with E-state index in [0.29, 0.717) is 24.9 Å². The van der Waals surface area contributed by atoms with Gasteiger partial charge in [0.2, 0.25) is 5.89 Å². The summed E-state index contributed by atoms with van der Waals surface area (Å²) in [5.74, 6) is 1.91. The fraction of sp³-hybridized carbons (Fsp3) is 0.800. The smallest absolute Gasteiger partial charge is 0.240 e. The van der Waals surface area contributed by atoms with Gasteiger partial charge in [-0.25, -0.2) is 0 Å². The van der Waals surface area contributed by atoms with Crippen LogP contribution in [0.4, 0.5) is 0 Å². The lowest BCUT2D eigenvalue weighted by Gasteiger charge is -2.10. The molecule has 1 N–H and O–H groups in total. The van der Waals surface area contributed by atoms with Gasteiger partial charge in [-0.15, -0.1) is 0 Å². The summed E-state index contributed by atoms with van der Waals surface area (Å²) in [6, 6.07) is 0. The van der Waals surface area contributed by atoms with Crippen LogP contribution in [0.5, 0.6) is 0 Å². The molecule has 5 nitrogen and oxygen atoms in total. The monoisotopic (exact) mass is 213 g/mol. The van der Waals surface area contributed by atoms with Crippen LogP contribution in [0.15, 0.2) is 4.52 Å². The number of aliphatic hydroxyl groups is 1. The lowest BCUT2D eigenvalue weighted by molar-refractivity contribution is 0.200. The summed E-state index contributed by atoms with van der Waals surface area (Å²) in [7, 11) is 1.91. The molecule has 0 saturated heterocycles. The molecule has 1 rings (SSSR count). The van der Waals surface area contributed by atoms with Crippen LogP contribution < -0.4 is 0 Å². The molecule has 0 unspecified atom stereocenters. The standard InChI is InChI=1S/C10H19N3O2/c1-8(2)6-9-11-10(15-12-9)7-13(3)4-5-14/h8,14H,4-7H2,1-3H3. The van der Waals surface area contributed by atoms with Crippen molar-refractivity contribution in [2.45, 2.75) is 26.8 Å². The maximum Gasteiger partial charge on any atom is 0.240 e. The third-order valence-electron chi connectivity index (χ3n) is 1.99. The van der Waals surface area contributed by atoms with Crippen molar-refractivity contribution in [3.8, 4) is 0 Å². The van der Waals surface area contributed by atoms with E-state index >= 15 is 0 Å². The quantitative estimate of drug-likeness (QED) is 0.753. The van der Waals surface area contributed by atoms with Crippen molar-refractivity contribution in [1.82, 2.24) is 15.0 Å². The summed E-state index contributed by atoms with van der Waals surface area (Å²) in [5.41, 5.74) is 0. The van der Waals surface area contributed by atoms with Crippen molar-refractivity contribution < 1.29 is 9.63 Å². The Balaban J connectivity index is 2.45. The van der Waals surface area contributed by atoms with Crippen molar-refractivity contribution in [2.24, 2.45) is 5.92 Å². The van der Waals surface area contributed by atoms with Crippen LogP contribution in [0, 0.1) is 5.92 Å². The number of nitrogens with zero attached hydrogens (tertiary/aromatic N) is 3. The average Bonchev–Trinajstić information content (AvgIpc) is 2.51. The summed E-state index contributed by atoms with van der Waals surface area (Å²) in [6.45, 7) is 5.58. The van der Waals surface area contributed by atoms with E-state index in [1.807, 2.05) is 11.9 Å². The fourth-order valence-corrected chi connectivity index (χ4v) is 1.28. The number of aromatic nitrogens is 2. The molecular formula is C10H19N3O2. The molecule has 0 bridgehead atoms. The van der Waals surface area contributed by atoms with Crippen LogP contribution in [-0.4, -0.2) is 40.3 Å². The molecule has 1 heterocycles. The highest BCUT2D eigenvalue weighted by molar-refractivity contribution is 4.87. The maximum absolute atomic E-state index is 8.73. The minimum absolute atomic E-state index is 0.142. The molecule has 0 aliphatic rings. The van der Waals surface area contributed by atoms with E-state index in [9.17, 15) is 0 Å². The number of aliphatic hydroxyl groups excluding tert-OH is 1. The van der Waals surface area contributed by atoms with Crippen molar-refractivity contribution in [3.63, 3.8) is 0 Å². The minimum atomic E-state index is 0.142. The van der Waals surface area contributed by atoms with Gasteiger partial charge in [0.1, 0.15) is 0 Å². The normalized spacial score (nSPS) is 11.6. The maximum atomic E-state index is 8.73. The van der Waals surface area contributed by atoms with Gasteiger partial charge in [-0.3, -0.25) is 4.90 Å². The van der Waals surface area contributed by atoms with Gasteiger partial charge >= 0.3 is 0 Å². The zero-order valence-corrected chi connectivity index (χ0v) is 9.60. The van der Waals surface area contributed by atoms with E-state index < -0.39 is 0 Å². The summed E-state index contributed by atoms with van der Waals surface area (Å²) in [4.78, 5) is 6.21. The highest BCUT2D eigenvalue weighted by Gasteiger charge is 2.09. The molecule has 0 fully saturated rings. The molecule has 86 valence electrons. The Morgan fingerprint density at radius 3 is 2.80 bits per heavy atom. The predicted octanol–water partition coefficient (Wildman–Crippen LogP) is 0.692. The molecule has 0 amide bonds. The largest absolute Gasteiger partial charge is 0.395 e. The fourth-order valence-electron chi connectivity index (χ4n) is 1.28. The summed E-state index contributed by atoms with van der Waals surface area (Å²) in [6.07, 6.45) is 0.840. The van der Waals surface area contributed by atoms with E-state index in [-0.39, 0.29) is 6.61 Å². The van der Waals surface area contributed by atoms with Crippen LogP contribution in [-0.2, 0) is 13.0 Å². The lowest BCUT2D eigenvalue weighted by atomic mass is 10.1. The molecule has 0 spiro atoms. The van der Waals surface area contributed by atoms with Crippen molar-refractivity contribution in [3.05, 3.63) is 11.7 Å². The second-order valence-electron chi connectivity index (χ2n) is 4.16. The Morgan fingerprint density at radius 1 is 1.47 bits per heavy atom. The molecule has 0 aromatic carbocycles. The molecule has 15 heavy (non-hydrogen) atoms. The first-order valence-corrected chi connectivity index (χ1v) is 5.22. The highest BCUT2D eigenvalue weighted by atomic mass is 16.5. The van der Waals surface area contributed by atoms with Crippen LogP contribution in [0.1, 0.15) is 25.6 Å². The summed E-state index contributed by atoms with van der Waals surface area (Å²) in [5, 5.41) is 12.6. The third kappa shape index (κ3) is 4.40. The van der Waals surface area contributed by atoms with Gasteiger partial charge in [-0.2, -0.15) is 4.98 Å². The molecule has 1 aromatic rings. The zero-order valence-electron chi connectivity index (χ0n) is 9.60. The summed E-state index contributed by atoms with van der Waals surface area (Å²) < 4.78 is 5.10. The highest BCUT2D eigenvalue weighted by Crippen LogP contribution is 2.05. The average molecular weight is 213 g/mol. The Hall–Kier alpha value is -0.940. The first kappa shape index (κ1) is 12.1. The predicted molar refractivity (Wildman–Crippen MR) is 56.3 cm³/mol. The van der Waals surface area contributed by atoms with E-state index in [1.165, 1.54) is 0 Å². The molecule has 0 saturated carbocycles. The van der Waals surface area contributed by atoms with E-state index in [4.69, 9.17) is 9.63 Å². The summed E-state index contributed by atoms with van der Waals surface area (Å²) >= 11 is 0. The lowest BCUT2D eigenvalue weighted by Crippen LogP contribution is -2.21. The Bertz CT molecular complexity index is 286. The first-order valence-electron chi connectivity index (χ1n) is 5.22. The van der Waals surface area contributed by atoms with Gasteiger partial charge in [0.15, 0.2) is 5.82 Å². The van der Waals surface area contributed by atoms with Gasteiger partial charge < -0.3 is 9.63 Å². The van der Waals surface area contributed by atoms with Crippen LogP contribution in [0.3, 0.4) is 0 Å². The van der Waals surface area contributed by atoms with Crippen LogP contribution in [0.25, 0.3) is 0 Å². The molecule has 0 aliphatic heterocycles. The molecule has 5 heteroatoms. The van der Waals surface area contributed by atoms with Gasteiger partial charge in [0.05, 0.1) is 13.2 Å². The van der Waals surface area contributed by atoms with Gasteiger partial charge in [-0.05, 0) is 13.0 Å². The van der Waals surface area contributed by atoms with E-state index in [2.05, 4.69) is 24.0 Å². The number of hydrogen-bond donors (Lipinski definition) is 1. The number of rotatable bonds is 6. The molecule has 0 atom stereocenters. The van der Waals surface area contributed by atoms with Gasteiger partial charge in [-0.1, -0.05) is 19.0 Å². The van der Waals surface area contributed by atoms with E-state index in [0.717, 1.165) is 12.2 Å². The molecule has 1 aromatic heterocycles. The molecular weight excluding hydrogens is 194 g/mol. The molecule has 0 radical (unpaired) electrons. The zero-order chi connectivity index (χ0) is 11.3.